The second kappa shape index (κ2) is 5.20. The fourth-order valence-electron chi connectivity index (χ4n) is 2.54. The lowest BCUT2D eigenvalue weighted by Gasteiger charge is -2.17. The van der Waals surface area contributed by atoms with Crippen molar-refractivity contribution in [3.8, 4) is 0 Å². The Morgan fingerprint density at radius 3 is 2.45 bits per heavy atom. The first kappa shape index (κ1) is 13.6. The average Bonchev–Trinajstić information content (AvgIpc) is 3.24. The Morgan fingerprint density at radius 2 is 1.85 bits per heavy atom. The molecule has 1 N–H and O–H groups in total. The van der Waals surface area contributed by atoms with Crippen molar-refractivity contribution in [2.24, 2.45) is 0 Å². The molecule has 1 aliphatic carbocycles. The summed E-state index contributed by atoms with van der Waals surface area (Å²) in [7, 11) is 0. The van der Waals surface area contributed by atoms with Crippen LogP contribution in [0.2, 0.25) is 0 Å². The van der Waals surface area contributed by atoms with Gasteiger partial charge in [0.15, 0.2) is 0 Å². The molecule has 0 radical (unpaired) electrons. The molecule has 20 heavy (non-hydrogen) atoms. The van der Waals surface area contributed by atoms with Crippen LogP contribution in [-0.4, -0.2) is 5.91 Å². The minimum absolute atomic E-state index is 0.119. The Kier molecular flexibility index (Phi) is 3.54. The number of hydrogen-bond donors (Lipinski definition) is 1. The topological polar surface area (TPSA) is 29.1 Å². The molecule has 2 nitrogen and oxygen atoms in total. The summed E-state index contributed by atoms with van der Waals surface area (Å²) in [6.45, 7) is 2.03. The second-order valence-electron chi connectivity index (χ2n) is 5.36. The van der Waals surface area contributed by atoms with E-state index >= 15 is 0 Å². The lowest BCUT2D eigenvalue weighted by Crippen LogP contribution is -2.28. The highest BCUT2D eigenvalue weighted by Gasteiger charge is 2.51. The van der Waals surface area contributed by atoms with Crippen molar-refractivity contribution in [2.75, 3.05) is 5.32 Å². The smallest absolute Gasteiger partial charge is 0.235 e. The number of rotatable bonds is 3. The van der Waals surface area contributed by atoms with E-state index in [2.05, 4.69) is 34.0 Å². The van der Waals surface area contributed by atoms with Gasteiger partial charge in [-0.3, -0.25) is 4.79 Å². The number of benzene rings is 2. The Morgan fingerprint density at radius 1 is 1.15 bits per heavy atom. The van der Waals surface area contributed by atoms with Gasteiger partial charge in [-0.2, -0.15) is 0 Å². The van der Waals surface area contributed by atoms with E-state index in [0.29, 0.717) is 0 Å². The van der Waals surface area contributed by atoms with Crippen LogP contribution in [-0.2, 0) is 10.2 Å². The molecule has 1 aliphatic rings. The van der Waals surface area contributed by atoms with Crippen molar-refractivity contribution in [1.29, 1.82) is 0 Å². The molecule has 0 aliphatic heterocycles. The van der Waals surface area contributed by atoms with Crippen LogP contribution in [0.3, 0.4) is 0 Å². The highest BCUT2D eigenvalue weighted by molar-refractivity contribution is 14.1. The predicted octanol–water partition coefficient (Wildman–Crippen LogP) is 4.27. The first-order valence-corrected chi connectivity index (χ1v) is 7.83. The molecule has 1 amide bonds. The van der Waals surface area contributed by atoms with Gasteiger partial charge in [-0.25, -0.2) is 0 Å². The summed E-state index contributed by atoms with van der Waals surface area (Å²) in [5.41, 5.74) is 2.84. The van der Waals surface area contributed by atoms with Crippen LogP contribution in [0.4, 0.5) is 5.69 Å². The molecule has 1 fully saturated rings. The lowest BCUT2D eigenvalue weighted by molar-refractivity contribution is -0.118. The third-order valence-corrected chi connectivity index (χ3v) is 4.62. The van der Waals surface area contributed by atoms with Crippen LogP contribution in [0.15, 0.2) is 48.5 Å². The molecule has 0 heterocycles. The maximum Gasteiger partial charge on any atom is 0.235 e. The number of nitrogens with one attached hydrogen (secondary N) is 1. The molecule has 0 atom stereocenters. The van der Waals surface area contributed by atoms with Crippen molar-refractivity contribution >= 4 is 34.2 Å². The monoisotopic (exact) mass is 377 g/mol. The van der Waals surface area contributed by atoms with Crippen LogP contribution in [0.5, 0.6) is 0 Å². The number of carbonyl (C=O) groups excluding carboxylic acids is 1. The van der Waals surface area contributed by atoms with Gasteiger partial charge in [0.05, 0.1) is 5.41 Å². The molecule has 2 aromatic carbocycles. The Balaban J connectivity index is 1.83. The van der Waals surface area contributed by atoms with Gasteiger partial charge in [-0.05, 0) is 71.7 Å². The minimum atomic E-state index is -0.309. The van der Waals surface area contributed by atoms with E-state index in [0.717, 1.165) is 29.7 Å². The number of aryl methyl sites for hydroxylation is 1. The molecular weight excluding hydrogens is 361 g/mol. The zero-order valence-corrected chi connectivity index (χ0v) is 13.5. The molecule has 0 aromatic heterocycles. The van der Waals surface area contributed by atoms with Gasteiger partial charge < -0.3 is 5.32 Å². The Hall–Kier alpha value is -1.36. The normalized spacial score (nSPS) is 15.7. The highest BCUT2D eigenvalue weighted by atomic mass is 127. The maximum absolute atomic E-state index is 12.6. The Bertz CT molecular complexity index is 647. The van der Waals surface area contributed by atoms with Crippen molar-refractivity contribution < 1.29 is 4.79 Å². The summed E-state index contributed by atoms with van der Waals surface area (Å²) in [5.74, 6) is 0.119. The van der Waals surface area contributed by atoms with Crippen molar-refractivity contribution in [1.82, 2.24) is 0 Å². The average molecular weight is 377 g/mol. The SMILES string of the molecule is Cc1cc(I)ccc1NC(=O)C1(c2ccccc2)CC1. The number of carbonyl (C=O) groups is 1. The maximum atomic E-state index is 12.6. The lowest BCUT2D eigenvalue weighted by atomic mass is 9.95. The molecule has 0 bridgehead atoms. The molecule has 102 valence electrons. The van der Waals surface area contributed by atoms with Gasteiger partial charge in [-0.1, -0.05) is 30.3 Å². The van der Waals surface area contributed by atoms with Crippen molar-refractivity contribution in [3.05, 3.63) is 63.2 Å². The number of anilines is 1. The largest absolute Gasteiger partial charge is 0.325 e. The van der Waals surface area contributed by atoms with Gasteiger partial charge in [0.25, 0.3) is 0 Å². The van der Waals surface area contributed by atoms with E-state index in [1.165, 1.54) is 3.57 Å². The standard InChI is InChI=1S/C17H16INO/c1-12-11-14(18)7-8-15(12)19-16(20)17(9-10-17)13-5-3-2-4-6-13/h2-8,11H,9-10H2,1H3,(H,19,20). The van der Waals surface area contributed by atoms with Gasteiger partial charge in [0.1, 0.15) is 0 Å². The van der Waals surface area contributed by atoms with Crippen LogP contribution in [0.25, 0.3) is 0 Å². The zero-order valence-electron chi connectivity index (χ0n) is 11.3. The summed E-state index contributed by atoms with van der Waals surface area (Å²) in [6.07, 6.45) is 1.87. The van der Waals surface area contributed by atoms with Crippen molar-refractivity contribution in [3.63, 3.8) is 0 Å². The van der Waals surface area contributed by atoms with Crippen LogP contribution in [0, 0.1) is 10.5 Å². The second-order valence-corrected chi connectivity index (χ2v) is 6.61. The van der Waals surface area contributed by atoms with Gasteiger partial charge in [-0.15, -0.1) is 0 Å². The van der Waals surface area contributed by atoms with Gasteiger partial charge in [0, 0.05) is 9.26 Å². The van der Waals surface area contributed by atoms with Crippen molar-refractivity contribution in [2.45, 2.75) is 25.2 Å². The van der Waals surface area contributed by atoms with E-state index in [9.17, 15) is 4.79 Å². The summed E-state index contributed by atoms with van der Waals surface area (Å²) in [4.78, 5) is 12.6. The van der Waals surface area contributed by atoms with Crippen LogP contribution >= 0.6 is 22.6 Å². The molecule has 3 heteroatoms. The fourth-order valence-corrected chi connectivity index (χ4v) is 3.19. The molecule has 0 spiro atoms. The zero-order chi connectivity index (χ0) is 14.2. The third-order valence-electron chi connectivity index (χ3n) is 3.95. The fraction of sp³-hybridized carbons (Fsp3) is 0.235. The summed E-state index contributed by atoms with van der Waals surface area (Å²) < 4.78 is 1.18. The van der Waals surface area contributed by atoms with Crippen LogP contribution in [0.1, 0.15) is 24.0 Å². The van der Waals surface area contributed by atoms with E-state index in [-0.39, 0.29) is 11.3 Å². The molecule has 1 saturated carbocycles. The highest BCUT2D eigenvalue weighted by Crippen LogP contribution is 2.49. The summed E-state index contributed by atoms with van der Waals surface area (Å²) in [5, 5.41) is 3.10. The molecular formula is C17H16INO. The Labute approximate surface area is 132 Å². The molecule has 3 rings (SSSR count). The summed E-state index contributed by atoms with van der Waals surface area (Å²) in [6, 6.07) is 16.2. The minimum Gasteiger partial charge on any atom is -0.325 e. The first-order chi connectivity index (χ1) is 9.62. The van der Waals surface area contributed by atoms with Gasteiger partial charge in [0.2, 0.25) is 5.91 Å². The predicted molar refractivity (Wildman–Crippen MR) is 89.9 cm³/mol. The van der Waals surface area contributed by atoms with E-state index < -0.39 is 0 Å². The van der Waals surface area contributed by atoms with E-state index in [1.54, 1.807) is 0 Å². The molecule has 0 saturated heterocycles. The third kappa shape index (κ3) is 2.46. The van der Waals surface area contributed by atoms with Crippen LogP contribution < -0.4 is 5.32 Å². The molecule has 2 aromatic rings. The number of halogens is 1. The summed E-state index contributed by atoms with van der Waals surface area (Å²) >= 11 is 2.28. The quantitative estimate of drug-likeness (QED) is 0.796. The van der Waals surface area contributed by atoms with E-state index in [1.807, 2.05) is 49.4 Å². The van der Waals surface area contributed by atoms with E-state index in [4.69, 9.17) is 0 Å². The number of hydrogen-bond acceptors (Lipinski definition) is 1. The van der Waals surface area contributed by atoms with Gasteiger partial charge >= 0.3 is 0 Å². The molecule has 0 unspecified atom stereocenters. The number of amides is 1. The first-order valence-electron chi connectivity index (χ1n) is 6.75.